The molecule has 158 valence electrons. The van der Waals surface area contributed by atoms with Crippen molar-refractivity contribution in [3.63, 3.8) is 0 Å². The lowest BCUT2D eigenvalue weighted by Gasteiger charge is -2.24. The van der Waals surface area contributed by atoms with Gasteiger partial charge < -0.3 is 10.1 Å². The first-order valence-electron chi connectivity index (χ1n) is 10.6. The van der Waals surface area contributed by atoms with Gasteiger partial charge in [0.25, 0.3) is 0 Å². The van der Waals surface area contributed by atoms with Gasteiger partial charge in [0.05, 0.1) is 5.41 Å². The maximum atomic E-state index is 12.3. The Morgan fingerprint density at radius 1 is 1.17 bits per heavy atom. The zero-order valence-corrected chi connectivity index (χ0v) is 19.3. The molecule has 0 aliphatic heterocycles. The first kappa shape index (κ1) is 20.9. The molecule has 1 aliphatic carbocycles. The molecule has 2 heterocycles. The number of benzene rings is 1. The Morgan fingerprint density at radius 2 is 1.93 bits per heavy atom. The van der Waals surface area contributed by atoms with Crippen LogP contribution in [0, 0.1) is 5.41 Å². The van der Waals surface area contributed by atoms with E-state index in [1.807, 2.05) is 63.4 Å². The SMILES string of the molecule is CC(C)(C)C(=O)Oc1cccc(-c2nc3ccc(Br)cn3c2NC2CCCCC2)c1. The summed E-state index contributed by atoms with van der Waals surface area (Å²) < 4.78 is 8.72. The van der Waals surface area contributed by atoms with E-state index >= 15 is 0 Å². The predicted octanol–water partition coefficient (Wildman–Crippen LogP) is 6.46. The lowest BCUT2D eigenvalue weighted by atomic mass is 9.95. The number of nitrogens with one attached hydrogen (secondary N) is 1. The Bertz CT molecular complexity index is 1060. The summed E-state index contributed by atoms with van der Waals surface area (Å²) in [5.74, 6) is 1.27. The van der Waals surface area contributed by atoms with Gasteiger partial charge in [-0.25, -0.2) is 4.98 Å². The number of aromatic nitrogens is 2. The number of rotatable bonds is 4. The first-order valence-corrected chi connectivity index (χ1v) is 11.4. The fraction of sp³-hybridized carbons (Fsp3) is 0.417. The molecule has 1 N–H and O–H groups in total. The van der Waals surface area contributed by atoms with Crippen LogP contribution in [0.4, 0.5) is 5.82 Å². The van der Waals surface area contributed by atoms with Gasteiger partial charge in [0, 0.05) is 22.3 Å². The van der Waals surface area contributed by atoms with E-state index in [0.717, 1.165) is 27.2 Å². The molecule has 3 aromatic rings. The lowest BCUT2D eigenvalue weighted by molar-refractivity contribution is -0.142. The number of hydrogen-bond acceptors (Lipinski definition) is 4. The molecule has 0 amide bonds. The number of hydrogen-bond donors (Lipinski definition) is 1. The zero-order valence-electron chi connectivity index (χ0n) is 17.7. The quantitative estimate of drug-likeness (QED) is 0.351. The Kier molecular flexibility index (Phi) is 5.87. The second kappa shape index (κ2) is 8.42. The van der Waals surface area contributed by atoms with Gasteiger partial charge in [-0.1, -0.05) is 31.4 Å². The number of imidazole rings is 1. The summed E-state index contributed by atoms with van der Waals surface area (Å²) in [4.78, 5) is 17.2. The summed E-state index contributed by atoms with van der Waals surface area (Å²) in [5, 5.41) is 3.75. The van der Waals surface area contributed by atoms with Gasteiger partial charge in [-0.3, -0.25) is 9.20 Å². The molecule has 1 saturated carbocycles. The van der Waals surface area contributed by atoms with Crippen molar-refractivity contribution in [3.05, 3.63) is 47.1 Å². The third-order valence-corrected chi connectivity index (χ3v) is 5.93. The fourth-order valence-corrected chi connectivity index (χ4v) is 4.10. The monoisotopic (exact) mass is 469 g/mol. The van der Waals surface area contributed by atoms with Crippen LogP contribution in [-0.2, 0) is 4.79 Å². The number of esters is 1. The average Bonchev–Trinajstić information content (AvgIpc) is 3.06. The summed E-state index contributed by atoms with van der Waals surface area (Å²) in [5.41, 5.74) is 2.11. The van der Waals surface area contributed by atoms with Crippen LogP contribution in [0.25, 0.3) is 16.9 Å². The van der Waals surface area contributed by atoms with E-state index < -0.39 is 5.41 Å². The van der Waals surface area contributed by atoms with Crippen LogP contribution in [0.1, 0.15) is 52.9 Å². The molecule has 0 bridgehead atoms. The second-order valence-electron chi connectivity index (χ2n) is 9.03. The Balaban J connectivity index is 1.73. The van der Waals surface area contributed by atoms with Crippen LogP contribution in [-0.4, -0.2) is 21.4 Å². The minimum atomic E-state index is -0.556. The number of pyridine rings is 1. The van der Waals surface area contributed by atoms with E-state index in [4.69, 9.17) is 9.72 Å². The summed E-state index contributed by atoms with van der Waals surface area (Å²) in [7, 11) is 0. The van der Waals surface area contributed by atoms with Crippen molar-refractivity contribution >= 4 is 33.4 Å². The van der Waals surface area contributed by atoms with Crippen molar-refractivity contribution in [2.75, 3.05) is 5.32 Å². The molecular weight excluding hydrogens is 442 g/mol. The van der Waals surface area contributed by atoms with Crippen molar-refractivity contribution in [2.24, 2.45) is 5.41 Å². The number of halogens is 1. The van der Waals surface area contributed by atoms with Crippen molar-refractivity contribution in [3.8, 4) is 17.0 Å². The largest absolute Gasteiger partial charge is 0.426 e. The number of carbonyl (C=O) groups excluding carboxylic acids is 1. The molecule has 1 aliphatic rings. The number of anilines is 1. The third kappa shape index (κ3) is 4.53. The van der Waals surface area contributed by atoms with E-state index in [-0.39, 0.29) is 5.97 Å². The summed E-state index contributed by atoms with van der Waals surface area (Å²) in [6.45, 7) is 5.56. The Labute approximate surface area is 186 Å². The maximum Gasteiger partial charge on any atom is 0.316 e. The molecule has 5 nitrogen and oxygen atoms in total. The van der Waals surface area contributed by atoms with Crippen molar-refractivity contribution in [2.45, 2.75) is 58.9 Å². The minimum Gasteiger partial charge on any atom is -0.426 e. The van der Waals surface area contributed by atoms with Crippen molar-refractivity contribution in [1.29, 1.82) is 0 Å². The van der Waals surface area contributed by atoms with Gasteiger partial charge in [-0.2, -0.15) is 0 Å². The number of nitrogens with zero attached hydrogens (tertiary/aromatic N) is 2. The van der Waals surface area contributed by atoms with Gasteiger partial charge in [-0.05, 0) is 73.8 Å². The molecule has 0 atom stereocenters. The predicted molar refractivity (Wildman–Crippen MR) is 124 cm³/mol. The molecule has 1 aromatic carbocycles. The highest BCUT2D eigenvalue weighted by molar-refractivity contribution is 9.10. The molecule has 6 heteroatoms. The van der Waals surface area contributed by atoms with E-state index in [2.05, 4.69) is 25.6 Å². The second-order valence-corrected chi connectivity index (χ2v) is 9.95. The standard InChI is InChI=1S/C24H28BrN3O2/c1-24(2,3)23(29)30-19-11-7-8-16(14-19)21-22(26-18-9-5-4-6-10-18)28-15-17(25)12-13-20(28)27-21/h7-8,11-15,18,26H,4-6,9-10H2,1-3H3. The maximum absolute atomic E-state index is 12.3. The van der Waals surface area contributed by atoms with Crippen LogP contribution >= 0.6 is 15.9 Å². The number of ether oxygens (including phenoxy) is 1. The lowest BCUT2D eigenvalue weighted by Crippen LogP contribution is -2.25. The molecule has 0 saturated heterocycles. The molecular formula is C24H28BrN3O2. The van der Waals surface area contributed by atoms with Crippen LogP contribution in [0.3, 0.4) is 0 Å². The average molecular weight is 470 g/mol. The highest BCUT2D eigenvalue weighted by Crippen LogP contribution is 2.34. The van der Waals surface area contributed by atoms with Crippen molar-refractivity contribution < 1.29 is 9.53 Å². The summed E-state index contributed by atoms with van der Waals surface area (Å²) in [6.07, 6.45) is 8.20. The van der Waals surface area contributed by atoms with E-state index in [0.29, 0.717) is 11.8 Å². The molecule has 30 heavy (non-hydrogen) atoms. The molecule has 2 aromatic heterocycles. The molecule has 0 radical (unpaired) electrons. The fourth-order valence-electron chi connectivity index (χ4n) is 3.77. The highest BCUT2D eigenvalue weighted by atomic mass is 79.9. The Morgan fingerprint density at radius 3 is 2.67 bits per heavy atom. The molecule has 1 fully saturated rings. The minimum absolute atomic E-state index is 0.251. The van der Waals surface area contributed by atoms with Gasteiger partial charge in [-0.15, -0.1) is 0 Å². The molecule has 0 unspecified atom stereocenters. The van der Waals surface area contributed by atoms with Crippen LogP contribution in [0.15, 0.2) is 47.1 Å². The van der Waals surface area contributed by atoms with E-state index in [1.54, 1.807) is 0 Å². The van der Waals surface area contributed by atoms with Crippen molar-refractivity contribution in [1.82, 2.24) is 9.38 Å². The Hall–Kier alpha value is -2.34. The van der Waals surface area contributed by atoms with Gasteiger partial charge in [0.1, 0.15) is 22.9 Å². The highest BCUT2D eigenvalue weighted by Gasteiger charge is 2.24. The number of carbonyl (C=O) groups is 1. The normalized spacial score (nSPS) is 15.3. The number of fused-ring (bicyclic) bond motifs is 1. The molecule has 0 spiro atoms. The summed E-state index contributed by atoms with van der Waals surface area (Å²) >= 11 is 3.58. The van der Waals surface area contributed by atoms with Gasteiger partial charge in [0.15, 0.2) is 0 Å². The smallest absolute Gasteiger partial charge is 0.316 e. The summed E-state index contributed by atoms with van der Waals surface area (Å²) in [6, 6.07) is 12.1. The van der Waals surface area contributed by atoms with Gasteiger partial charge >= 0.3 is 5.97 Å². The van der Waals surface area contributed by atoms with E-state index in [1.165, 1.54) is 32.1 Å². The zero-order chi connectivity index (χ0) is 21.3. The van der Waals surface area contributed by atoms with Crippen LogP contribution in [0.2, 0.25) is 0 Å². The topological polar surface area (TPSA) is 55.6 Å². The van der Waals surface area contributed by atoms with E-state index in [9.17, 15) is 4.79 Å². The van der Waals surface area contributed by atoms with Crippen LogP contribution in [0.5, 0.6) is 5.75 Å². The van der Waals surface area contributed by atoms with Crippen LogP contribution < -0.4 is 10.1 Å². The first-order chi connectivity index (χ1) is 14.3. The molecule has 4 rings (SSSR count). The third-order valence-electron chi connectivity index (χ3n) is 5.46. The van der Waals surface area contributed by atoms with Gasteiger partial charge in [0.2, 0.25) is 0 Å².